The highest BCUT2D eigenvalue weighted by Crippen LogP contribution is 2.32. The smallest absolute Gasteiger partial charge is 0.130 e. The molecular formula is C15H21F2N. The molecule has 0 amide bonds. The number of halogens is 2. The van der Waals surface area contributed by atoms with Crippen LogP contribution in [0.2, 0.25) is 0 Å². The summed E-state index contributed by atoms with van der Waals surface area (Å²) in [5, 5.41) is 3.16. The summed E-state index contributed by atoms with van der Waals surface area (Å²) in [5.74, 6) is -0.283. The summed E-state index contributed by atoms with van der Waals surface area (Å²) in [7, 11) is 1.84. The van der Waals surface area contributed by atoms with Gasteiger partial charge in [0.25, 0.3) is 0 Å². The molecule has 0 heterocycles. The Kier molecular flexibility index (Phi) is 4.70. The van der Waals surface area contributed by atoms with E-state index in [-0.39, 0.29) is 6.04 Å². The first-order valence-corrected chi connectivity index (χ1v) is 6.83. The van der Waals surface area contributed by atoms with Crippen molar-refractivity contribution in [3.8, 4) is 0 Å². The van der Waals surface area contributed by atoms with Crippen molar-refractivity contribution in [1.82, 2.24) is 5.32 Å². The minimum absolute atomic E-state index is 0.00583. The summed E-state index contributed by atoms with van der Waals surface area (Å²) >= 11 is 0. The Bertz CT molecular complexity index is 386. The van der Waals surface area contributed by atoms with Gasteiger partial charge in [0.05, 0.1) is 0 Å². The lowest BCUT2D eigenvalue weighted by Crippen LogP contribution is -2.22. The fraction of sp³-hybridized carbons (Fsp3) is 0.600. The van der Waals surface area contributed by atoms with Crippen molar-refractivity contribution in [3.63, 3.8) is 0 Å². The summed E-state index contributed by atoms with van der Waals surface area (Å²) < 4.78 is 26.7. The number of hydrogen-bond donors (Lipinski definition) is 1. The average Bonchev–Trinajstić information content (AvgIpc) is 2.38. The summed E-state index contributed by atoms with van der Waals surface area (Å²) in [6.07, 6.45) is 7.31. The van der Waals surface area contributed by atoms with Gasteiger partial charge in [-0.25, -0.2) is 8.78 Å². The molecule has 0 bridgehead atoms. The summed E-state index contributed by atoms with van der Waals surface area (Å²) in [4.78, 5) is 0. The molecule has 3 heteroatoms. The second-order valence-corrected chi connectivity index (χ2v) is 5.25. The van der Waals surface area contributed by atoms with Crippen LogP contribution in [-0.4, -0.2) is 7.05 Å². The van der Waals surface area contributed by atoms with Crippen LogP contribution in [0, 0.1) is 17.6 Å². The zero-order valence-electron chi connectivity index (χ0n) is 10.9. The van der Waals surface area contributed by atoms with E-state index in [2.05, 4.69) is 5.32 Å². The Balaban J connectivity index is 2.07. The number of rotatable bonds is 4. The van der Waals surface area contributed by atoms with E-state index in [0.717, 1.165) is 12.5 Å². The highest BCUT2D eigenvalue weighted by molar-refractivity contribution is 5.22. The number of benzene rings is 1. The molecule has 1 nitrogen and oxygen atoms in total. The molecule has 0 aromatic heterocycles. The zero-order chi connectivity index (χ0) is 13.0. The Labute approximate surface area is 108 Å². The lowest BCUT2D eigenvalue weighted by Gasteiger charge is -2.26. The fourth-order valence-electron chi connectivity index (χ4n) is 2.94. The second kappa shape index (κ2) is 6.28. The third-order valence-electron chi connectivity index (χ3n) is 3.98. The minimum atomic E-state index is -0.510. The molecule has 1 saturated carbocycles. The topological polar surface area (TPSA) is 12.0 Å². The Morgan fingerprint density at radius 3 is 2.56 bits per heavy atom. The van der Waals surface area contributed by atoms with E-state index in [1.165, 1.54) is 38.2 Å². The molecule has 1 atom stereocenters. The van der Waals surface area contributed by atoms with E-state index in [1.807, 2.05) is 7.05 Å². The van der Waals surface area contributed by atoms with Gasteiger partial charge in [-0.3, -0.25) is 0 Å². The van der Waals surface area contributed by atoms with E-state index >= 15 is 0 Å². The largest absolute Gasteiger partial charge is 0.313 e. The molecule has 1 aliphatic rings. The summed E-state index contributed by atoms with van der Waals surface area (Å²) in [6.45, 7) is 0. The molecule has 1 N–H and O–H groups in total. The highest BCUT2D eigenvalue weighted by Gasteiger charge is 2.21. The highest BCUT2D eigenvalue weighted by atomic mass is 19.1. The van der Waals surface area contributed by atoms with E-state index in [1.54, 1.807) is 6.07 Å². The van der Waals surface area contributed by atoms with Crippen LogP contribution in [-0.2, 0) is 0 Å². The van der Waals surface area contributed by atoms with Crippen molar-refractivity contribution in [2.45, 2.75) is 44.6 Å². The molecule has 1 unspecified atom stereocenters. The van der Waals surface area contributed by atoms with Gasteiger partial charge in [0.15, 0.2) is 0 Å². The maximum absolute atomic E-state index is 13.8. The van der Waals surface area contributed by atoms with Gasteiger partial charge < -0.3 is 5.32 Å². The monoisotopic (exact) mass is 253 g/mol. The van der Waals surface area contributed by atoms with Crippen molar-refractivity contribution < 1.29 is 8.78 Å². The van der Waals surface area contributed by atoms with Crippen molar-refractivity contribution in [1.29, 1.82) is 0 Å². The Morgan fingerprint density at radius 2 is 1.94 bits per heavy atom. The quantitative estimate of drug-likeness (QED) is 0.848. The molecular weight excluding hydrogens is 232 g/mol. The molecule has 0 spiro atoms. The van der Waals surface area contributed by atoms with Crippen LogP contribution in [0.4, 0.5) is 8.78 Å². The first kappa shape index (κ1) is 13.5. The van der Waals surface area contributed by atoms with Crippen molar-refractivity contribution >= 4 is 0 Å². The molecule has 1 aliphatic carbocycles. The first-order valence-electron chi connectivity index (χ1n) is 6.83. The maximum Gasteiger partial charge on any atom is 0.130 e. The van der Waals surface area contributed by atoms with Gasteiger partial charge in [-0.15, -0.1) is 0 Å². The first-order chi connectivity index (χ1) is 8.70. The maximum atomic E-state index is 13.8. The van der Waals surface area contributed by atoms with Gasteiger partial charge in [-0.1, -0.05) is 38.2 Å². The molecule has 0 aliphatic heterocycles. The third-order valence-corrected chi connectivity index (χ3v) is 3.98. The van der Waals surface area contributed by atoms with Crippen molar-refractivity contribution in [3.05, 3.63) is 35.4 Å². The van der Waals surface area contributed by atoms with Crippen LogP contribution < -0.4 is 5.32 Å². The number of nitrogens with one attached hydrogen (secondary N) is 1. The van der Waals surface area contributed by atoms with Gasteiger partial charge in [0.1, 0.15) is 11.6 Å². The minimum Gasteiger partial charge on any atom is -0.313 e. The zero-order valence-corrected chi connectivity index (χ0v) is 10.9. The van der Waals surface area contributed by atoms with E-state index < -0.39 is 11.6 Å². The molecule has 1 aromatic rings. The van der Waals surface area contributed by atoms with Gasteiger partial charge in [-0.05, 0) is 25.5 Å². The van der Waals surface area contributed by atoms with Crippen LogP contribution in [0.1, 0.15) is 50.1 Å². The van der Waals surface area contributed by atoms with Crippen LogP contribution in [0.25, 0.3) is 0 Å². The van der Waals surface area contributed by atoms with Gasteiger partial charge in [-0.2, -0.15) is 0 Å². The molecule has 1 fully saturated rings. The standard InChI is InChI=1S/C15H21F2N/c1-18-15(9-11-5-3-2-4-6-11)13-8-7-12(16)10-14(13)17/h7-8,10-11,15,18H,2-6,9H2,1H3. The van der Waals surface area contributed by atoms with Crippen LogP contribution >= 0.6 is 0 Å². The van der Waals surface area contributed by atoms with Gasteiger partial charge in [0.2, 0.25) is 0 Å². The Morgan fingerprint density at radius 1 is 1.22 bits per heavy atom. The molecule has 0 saturated heterocycles. The SMILES string of the molecule is CNC(CC1CCCCC1)c1ccc(F)cc1F. The summed E-state index contributed by atoms with van der Waals surface area (Å²) in [5.41, 5.74) is 0.587. The predicted octanol–water partition coefficient (Wildman–Crippen LogP) is 4.20. The molecule has 2 rings (SSSR count). The van der Waals surface area contributed by atoms with Crippen LogP contribution in [0.5, 0.6) is 0 Å². The van der Waals surface area contributed by atoms with E-state index in [4.69, 9.17) is 0 Å². The third kappa shape index (κ3) is 3.29. The van der Waals surface area contributed by atoms with Crippen LogP contribution in [0.3, 0.4) is 0 Å². The molecule has 18 heavy (non-hydrogen) atoms. The average molecular weight is 253 g/mol. The molecule has 1 aromatic carbocycles. The lowest BCUT2D eigenvalue weighted by atomic mass is 9.83. The van der Waals surface area contributed by atoms with Gasteiger partial charge >= 0.3 is 0 Å². The van der Waals surface area contributed by atoms with Crippen LogP contribution in [0.15, 0.2) is 18.2 Å². The predicted molar refractivity (Wildman–Crippen MR) is 69.4 cm³/mol. The van der Waals surface area contributed by atoms with Crippen molar-refractivity contribution in [2.75, 3.05) is 7.05 Å². The number of hydrogen-bond acceptors (Lipinski definition) is 1. The second-order valence-electron chi connectivity index (χ2n) is 5.25. The Hall–Kier alpha value is -0.960. The van der Waals surface area contributed by atoms with E-state index in [0.29, 0.717) is 11.5 Å². The lowest BCUT2D eigenvalue weighted by molar-refractivity contribution is 0.303. The van der Waals surface area contributed by atoms with Crippen molar-refractivity contribution in [2.24, 2.45) is 5.92 Å². The molecule has 100 valence electrons. The van der Waals surface area contributed by atoms with E-state index in [9.17, 15) is 8.78 Å². The van der Waals surface area contributed by atoms with Gasteiger partial charge in [0, 0.05) is 17.7 Å². The normalized spacial score (nSPS) is 18.8. The fourth-order valence-corrected chi connectivity index (χ4v) is 2.94. The molecule has 0 radical (unpaired) electrons. The summed E-state index contributed by atoms with van der Waals surface area (Å²) in [6, 6.07) is 3.87.